The van der Waals surface area contributed by atoms with Gasteiger partial charge >= 0.3 is 0 Å². The number of hydrogen-bond acceptors (Lipinski definition) is 9. The molecule has 4 heterocycles. The molecule has 0 radical (unpaired) electrons. The smallest absolute Gasteiger partial charge is 0.264 e. The van der Waals surface area contributed by atoms with Crippen LogP contribution in [-0.4, -0.2) is 114 Å². The van der Waals surface area contributed by atoms with Crippen LogP contribution < -0.4 is 14.4 Å². The fourth-order valence-electron chi connectivity index (χ4n) is 10.0. The number of allylic oxidation sites excluding steroid dienone is 1. The van der Waals surface area contributed by atoms with Crippen LogP contribution in [0.5, 0.6) is 5.75 Å². The summed E-state index contributed by atoms with van der Waals surface area (Å²) in [6, 6.07) is 12.2. The molecule has 3 fully saturated rings. The minimum atomic E-state index is -3.95. The second-order valence-corrected chi connectivity index (χ2v) is 19.2. The van der Waals surface area contributed by atoms with Gasteiger partial charge in [-0.15, -0.1) is 0 Å². The zero-order valence-corrected chi connectivity index (χ0v) is 33.0. The number of anilines is 1. The fraction of sp³-hybridized carbons (Fsp3) is 0.634. The van der Waals surface area contributed by atoms with Crippen molar-refractivity contribution >= 4 is 33.2 Å². The Labute approximate surface area is 320 Å². The Morgan fingerprint density at radius 2 is 1.87 bits per heavy atom. The molecule has 2 aromatic rings. The number of amides is 1. The van der Waals surface area contributed by atoms with Crippen LogP contribution in [0.2, 0.25) is 5.02 Å². The van der Waals surface area contributed by atoms with Crippen molar-refractivity contribution in [2.75, 3.05) is 77.6 Å². The normalized spacial score (nSPS) is 34.4. The Morgan fingerprint density at radius 1 is 1.06 bits per heavy atom. The van der Waals surface area contributed by atoms with Crippen LogP contribution in [0.3, 0.4) is 0 Å². The van der Waals surface area contributed by atoms with E-state index in [2.05, 4.69) is 43.7 Å². The highest BCUT2D eigenvalue weighted by Gasteiger charge is 2.51. The van der Waals surface area contributed by atoms with Gasteiger partial charge in [0.2, 0.25) is 10.0 Å². The van der Waals surface area contributed by atoms with Crippen LogP contribution >= 0.6 is 11.6 Å². The summed E-state index contributed by atoms with van der Waals surface area (Å²) in [5.74, 6) is 0.494. The van der Waals surface area contributed by atoms with Crippen molar-refractivity contribution in [2.24, 2.45) is 17.8 Å². The topological polar surface area (TPSA) is 101 Å². The van der Waals surface area contributed by atoms with Gasteiger partial charge in [0.1, 0.15) is 11.4 Å². The van der Waals surface area contributed by atoms with Gasteiger partial charge in [-0.25, -0.2) is 13.1 Å². The molecule has 1 saturated carbocycles. The van der Waals surface area contributed by atoms with E-state index >= 15 is 0 Å². The van der Waals surface area contributed by atoms with Crippen LogP contribution in [0.1, 0.15) is 67.4 Å². The van der Waals surface area contributed by atoms with E-state index in [9.17, 15) is 13.2 Å². The number of benzene rings is 2. The fourth-order valence-corrected chi connectivity index (χ4v) is 11.5. The number of carbonyl (C=O) groups excluding carboxylic acids is 1. The summed E-state index contributed by atoms with van der Waals surface area (Å²) >= 11 is 6.50. The zero-order chi connectivity index (χ0) is 37.0. The molecule has 2 aromatic carbocycles. The quantitative estimate of drug-likeness (QED) is 0.417. The van der Waals surface area contributed by atoms with E-state index in [0.29, 0.717) is 36.3 Å². The van der Waals surface area contributed by atoms with Gasteiger partial charge in [0.15, 0.2) is 0 Å². The van der Waals surface area contributed by atoms with Gasteiger partial charge in [-0.05, 0) is 105 Å². The predicted octanol–water partition coefficient (Wildman–Crippen LogP) is 5.29. The van der Waals surface area contributed by atoms with Crippen LogP contribution in [0.4, 0.5) is 5.69 Å². The second kappa shape index (κ2) is 14.8. The molecule has 10 nitrogen and oxygen atoms in total. The van der Waals surface area contributed by atoms with Crippen molar-refractivity contribution in [3.8, 4) is 5.75 Å². The minimum Gasteiger partial charge on any atom is -0.490 e. The molecule has 2 aliphatic carbocycles. The van der Waals surface area contributed by atoms with Gasteiger partial charge < -0.3 is 19.1 Å². The molecule has 2 bridgehead atoms. The molecule has 2 saturated heterocycles. The molecule has 0 unspecified atom stereocenters. The van der Waals surface area contributed by atoms with E-state index in [0.717, 1.165) is 102 Å². The third-order valence-electron chi connectivity index (χ3n) is 13.6. The lowest BCUT2D eigenvalue weighted by Gasteiger charge is -2.54. The monoisotopic (exact) mass is 766 g/mol. The molecule has 4 aliphatic heterocycles. The molecule has 8 rings (SSSR count). The predicted molar refractivity (Wildman–Crippen MR) is 208 cm³/mol. The SMILES string of the molecule is CO[C@]1(CN2CC(N3CCOCC3)C2)/C=C\C[C@H](C)[C@@H](C)S(=O)(=O)NC(=O)c2ccc3c(c2)N(C[C@@H]2CC[C@H]21)C[C@@]1(CCCc2cc(Cl)ccc21)CO3. The molecule has 0 aromatic heterocycles. The number of hydrogen-bond donors (Lipinski definition) is 1. The van der Waals surface area contributed by atoms with Crippen LogP contribution in [0, 0.1) is 17.8 Å². The number of nitrogens with zero attached hydrogens (tertiary/aromatic N) is 3. The summed E-state index contributed by atoms with van der Waals surface area (Å²) in [5.41, 5.74) is 2.91. The van der Waals surface area contributed by atoms with Crippen LogP contribution in [0.25, 0.3) is 0 Å². The van der Waals surface area contributed by atoms with Crippen molar-refractivity contribution in [1.29, 1.82) is 0 Å². The molecule has 288 valence electrons. The molecule has 6 aliphatic rings. The third-order valence-corrected chi connectivity index (χ3v) is 15.7. The third kappa shape index (κ3) is 7.15. The summed E-state index contributed by atoms with van der Waals surface area (Å²) in [5, 5.41) is -0.0276. The first-order valence-electron chi connectivity index (χ1n) is 19.6. The van der Waals surface area contributed by atoms with Gasteiger partial charge in [-0.3, -0.25) is 14.6 Å². The Kier molecular flexibility index (Phi) is 10.4. The van der Waals surface area contributed by atoms with E-state index in [4.69, 9.17) is 25.8 Å². The van der Waals surface area contributed by atoms with Crippen LogP contribution in [-0.2, 0) is 31.3 Å². The Balaban J connectivity index is 1.16. The van der Waals surface area contributed by atoms with Crippen molar-refractivity contribution in [3.63, 3.8) is 0 Å². The van der Waals surface area contributed by atoms with Crippen molar-refractivity contribution in [2.45, 2.75) is 74.7 Å². The number of morpholine rings is 1. The van der Waals surface area contributed by atoms with Crippen LogP contribution in [0.15, 0.2) is 48.6 Å². The standard InChI is InChI=1S/C41H55ClN4O6S/c1-28-6-4-15-41(50-3,26-44-23-34(24-44)45-16-18-51-19-17-45)36-11-8-32(36)22-46-25-40(14-5-7-30-20-33(42)10-12-35(30)40)27-52-38-13-9-31(21-37(38)46)39(47)43-53(48,49)29(28)2/h4,9-10,12-13,15,20-21,28-29,32,34,36H,5-8,11,14,16-19,22-27H2,1-3H3,(H,43,47)/b15-4-/t28-,29+,32-,36+,40-,41-/m0/s1. The van der Waals surface area contributed by atoms with Gasteiger partial charge in [0.25, 0.3) is 5.91 Å². The van der Waals surface area contributed by atoms with Crippen molar-refractivity contribution in [3.05, 3.63) is 70.3 Å². The minimum absolute atomic E-state index is 0.216. The molecular formula is C41H55ClN4O6S. The largest absolute Gasteiger partial charge is 0.490 e. The number of ether oxygens (including phenoxy) is 3. The zero-order valence-electron chi connectivity index (χ0n) is 31.4. The number of halogens is 1. The number of carbonyl (C=O) groups is 1. The number of likely N-dealkylation sites (tertiary alicyclic amines) is 1. The van der Waals surface area contributed by atoms with Crippen molar-refractivity contribution < 1.29 is 27.4 Å². The number of rotatable bonds is 4. The highest BCUT2D eigenvalue weighted by atomic mass is 35.5. The van der Waals surface area contributed by atoms with E-state index < -0.39 is 26.8 Å². The Morgan fingerprint density at radius 3 is 2.62 bits per heavy atom. The van der Waals surface area contributed by atoms with Gasteiger partial charge in [0.05, 0.1) is 30.8 Å². The maximum Gasteiger partial charge on any atom is 0.264 e. The van der Waals surface area contributed by atoms with Gasteiger partial charge in [0, 0.05) is 75.0 Å². The van der Waals surface area contributed by atoms with E-state index in [1.807, 2.05) is 32.2 Å². The number of methoxy groups -OCH3 is 1. The molecule has 1 spiro atoms. The molecule has 12 heteroatoms. The molecule has 53 heavy (non-hydrogen) atoms. The number of nitrogens with one attached hydrogen (secondary N) is 1. The summed E-state index contributed by atoms with van der Waals surface area (Å²) in [6.07, 6.45) is 10.1. The second-order valence-electron chi connectivity index (χ2n) is 16.7. The summed E-state index contributed by atoms with van der Waals surface area (Å²) in [7, 11) is -2.10. The Bertz CT molecular complexity index is 1830. The molecular weight excluding hydrogens is 712 g/mol. The number of fused-ring (bicyclic) bond motifs is 4. The van der Waals surface area contributed by atoms with E-state index in [1.54, 1.807) is 13.0 Å². The highest BCUT2D eigenvalue weighted by molar-refractivity contribution is 7.90. The first-order chi connectivity index (χ1) is 25.5. The molecule has 6 atom stereocenters. The molecule has 1 amide bonds. The highest BCUT2D eigenvalue weighted by Crippen LogP contribution is 2.49. The lowest BCUT2D eigenvalue weighted by Crippen LogP contribution is -2.66. The number of sulfonamides is 1. The molecule has 1 N–H and O–H groups in total. The number of aryl methyl sites for hydroxylation is 1. The van der Waals surface area contributed by atoms with Gasteiger partial charge in [-0.2, -0.15) is 0 Å². The van der Waals surface area contributed by atoms with Gasteiger partial charge in [-0.1, -0.05) is 36.7 Å². The first-order valence-corrected chi connectivity index (χ1v) is 21.6. The van der Waals surface area contributed by atoms with Crippen molar-refractivity contribution in [1.82, 2.24) is 14.5 Å². The average molecular weight is 767 g/mol. The average Bonchev–Trinajstić information content (AvgIpc) is 3.27. The maximum atomic E-state index is 13.6. The summed E-state index contributed by atoms with van der Waals surface area (Å²) in [6.45, 7) is 12.0. The maximum absolute atomic E-state index is 13.6. The first kappa shape index (κ1) is 37.3. The Hall–Kier alpha value is -2.67. The van der Waals surface area contributed by atoms with E-state index in [-0.39, 0.29) is 17.3 Å². The summed E-state index contributed by atoms with van der Waals surface area (Å²) in [4.78, 5) is 21.2. The summed E-state index contributed by atoms with van der Waals surface area (Å²) < 4.78 is 48.6. The van der Waals surface area contributed by atoms with E-state index in [1.165, 1.54) is 11.1 Å². The lowest BCUT2D eigenvalue weighted by atomic mass is 9.63. The lowest BCUT2D eigenvalue weighted by molar-refractivity contribution is -0.113.